The molecule has 120 valence electrons. The highest BCUT2D eigenvalue weighted by molar-refractivity contribution is 6.00. The van der Waals surface area contributed by atoms with Crippen LogP contribution in [0, 0.1) is 6.92 Å². The van der Waals surface area contributed by atoms with Crippen molar-refractivity contribution in [2.24, 2.45) is 7.05 Å². The molecule has 3 aromatic rings. The number of carbonyl (C=O) groups excluding carboxylic acids is 1. The van der Waals surface area contributed by atoms with Crippen molar-refractivity contribution >= 4 is 16.8 Å². The van der Waals surface area contributed by atoms with Gasteiger partial charge >= 0.3 is 0 Å². The quantitative estimate of drug-likeness (QED) is 0.785. The number of rotatable bonds is 5. The third-order valence-corrected chi connectivity index (χ3v) is 4.06. The zero-order valence-corrected chi connectivity index (χ0v) is 13.5. The van der Waals surface area contributed by atoms with Crippen molar-refractivity contribution < 1.29 is 9.53 Å². The monoisotopic (exact) mass is 312 g/mol. The largest absolute Gasteiger partial charge is 0.496 e. The number of imidazole rings is 1. The van der Waals surface area contributed by atoms with E-state index in [0.717, 1.165) is 22.5 Å². The number of benzene rings is 1. The molecule has 6 nitrogen and oxygen atoms in total. The average Bonchev–Trinajstić information content (AvgIpc) is 3.11. The van der Waals surface area contributed by atoms with E-state index >= 15 is 0 Å². The van der Waals surface area contributed by atoms with Crippen LogP contribution in [0.25, 0.3) is 10.9 Å². The number of nitrogens with one attached hydrogen (secondary N) is 1. The molecule has 0 aliphatic carbocycles. The summed E-state index contributed by atoms with van der Waals surface area (Å²) in [6, 6.07) is 7.66. The molecule has 1 amide bonds. The van der Waals surface area contributed by atoms with Gasteiger partial charge < -0.3 is 19.2 Å². The van der Waals surface area contributed by atoms with E-state index < -0.39 is 0 Å². The van der Waals surface area contributed by atoms with Crippen LogP contribution in [-0.4, -0.2) is 33.7 Å². The lowest BCUT2D eigenvalue weighted by Crippen LogP contribution is -2.28. The summed E-state index contributed by atoms with van der Waals surface area (Å²) in [6.07, 6.45) is 3.66. The number of carbonyl (C=O) groups is 1. The molecule has 0 atom stereocenters. The Labute approximate surface area is 134 Å². The van der Waals surface area contributed by atoms with Crippen LogP contribution in [0.15, 0.2) is 36.7 Å². The second-order valence-electron chi connectivity index (χ2n) is 5.41. The minimum absolute atomic E-state index is 0.0940. The second-order valence-corrected chi connectivity index (χ2v) is 5.41. The topological polar surface area (TPSA) is 61.1 Å². The minimum atomic E-state index is -0.0940. The predicted molar refractivity (Wildman–Crippen MR) is 88.8 cm³/mol. The van der Waals surface area contributed by atoms with E-state index in [4.69, 9.17) is 4.74 Å². The second kappa shape index (κ2) is 6.16. The summed E-state index contributed by atoms with van der Waals surface area (Å²) >= 11 is 0. The molecule has 0 unspecified atom stereocenters. The third kappa shape index (κ3) is 2.79. The number of aryl methyl sites for hydroxylation is 2. The van der Waals surface area contributed by atoms with Gasteiger partial charge in [0.25, 0.3) is 5.91 Å². The number of ether oxygens (including phenoxy) is 1. The molecule has 0 saturated heterocycles. The van der Waals surface area contributed by atoms with Gasteiger partial charge in [0.2, 0.25) is 0 Å². The normalized spacial score (nSPS) is 10.9. The Morgan fingerprint density at radius 2 is 2.22 bits per heavy atom. The molecule has 0 spiro atoms. The maximum atomic E-state index is 12.5. The Morgan fingerprint density at radius 3 is 2.91 bits per heavy atom. The van der Waals surface area contributed by atoms with Crippen molar-refractivity contribution in [3.05, 3.63) is 48.2 Å². The molecule has 2 aromatic heterocycles. The molecular formula is C17H20N4O2. The molecule has 0 fully saturated rings. The van der Waals surface area contributed by atoms with Crippen LogP contribution in [0.5, 0.6) is 5.75 Å². The van der Waals surface area contributed by atoms with Crippen molar-refractivity contribution in [3.8, 4) is 5.75 Å². The Balaban J connectivity index is 1.76. The summed E-state index contributed by atoms with van der Waals surface area (Å²) in [4.78, 5) is 16.6. The van der Waals surface area contributed by atoms with Gasteiger partial charge in [0.05, 0.1) is 12.6 Å². The summed E-state index contributed by atoms with van der Waals surface area (Å²) in [7, 11) is 3.52. The first kappa shape index (κ1) is 15.1. The maximum Gasteiger partial charge on any atom is 0.267 e. The number of aromatic nitrogens is 3. The highest BCUT2D eigenvalue weighted by Gasteiger charge is 2.15. The van der Waals surface area contributed by atoms with Gasteiger partial charge in [0.1, 0.15) is 17.3 Å². The molecule has 1 N–H and O–H groups in total. The fraction of sp³-hybridized carbons (Fsp3) is 0.294. The van der Waals surface area contributed by atoms with E-state index in [1.165, 1.54) is 0 Å². The molecule has 0 aliphatic heterocycles. The summed E-state index contributed by atoms with van der Waals surface area (Å²) in [6.45, 7) is 3.19. The van der Waals surface area contributed by atoms with Crippen LogP contribution >= 0.6 is 0 Å². The Bertz CT molecular complexity index is 848. The standard InChI is InChI=1S/C17H20N4O2/c1-12-18-7-9-21(12)10-8-19-17(22)15-11-13-14(20(15)2)5-4-6-16(13)23-3/h4-7,9,11H,8,10H2,1-3H3,(H,19,22). The van der Waals surface area contributed by atoms with E-state index in [0.29, 0.717) is 18.8 Å². The van der Waals surface area contributed by atoms with Gasteiger partial charge in [-0.2, -0.15) is 0 Å². The van der Waals surface area contributed by atoms with Crippen molar-refractivity contribution in [3.63, 3.8) is 0 Å². The predicted octanol–water partition coefficient (Wildman–Crippen LogP) is 2.12. The molecule has 23 heavy (non-hydrogen) atoms. The number of nitrogens with zero attached hydrogens (tertiary/aromatic N) is 3. The van der Waals surface area contributed by atoms with Gasteiger partial charge in [-0.3, -0.25) is 4.79 Å². The zero-order chi connectivity index (χ0) is 16.4. The molecular weight excluding hydrogens is 292 g/mol. The van der Waals surface area contributed by atoms with Gasteiger partial charge in [0.15, 0.2) is 0 Å². The highest BCUT2D eigenvalue weighted by atomic mass is 16.5. The van der Waals surface area contributed by atoms with Crippen LogP contribution < -0.4 is 10.1 Å². The molecule has 6 heteroatoms. The molecule has 0 saturated carbocycles. The third-order valence-electron chi connectivity index (χ3n) is 4.06. The Morgan fingerprint density at radius 1 is 1.39 bits per heavy atom. The van der Waals surface area contributed by atoms with Crippen molar-refractivity contribution in [1.29, 1.82) is 0 Å². The average molecular weight is 312 g/mol. The molecule has 1 aromatic carbocycles. The van der Waals surface area contributed by atoms with E-state index in [2.05, 4.69) is 10.3 Å². The lowest BCUT2D eigenvalue weighted by atomic mass is 10.2. The number of hydrogen-bond acceptors (Lipinski definition) is 3. The smallest absolute Gasteiger partial charge is 0.267 e. The lowest BCUT2D eigenvalue weighted by molar-refractivity contribution is 0.0944. The van der Waals surface area contributed by atoms with Gasteiger partial charge in [0, 0.05) is 37.9 Å². The first-order chi connectivity index (χ1) is 11.1. The summed E-state index contributed by atoms with van der Waals surface area (Å²) < 4.78 is 9.25. The van der Waals surface area contributed by atoms with Crippen molar-refractivity contribution in [1.82, 2.24) is 19.4 Å². The molecule has 0 bridgehead atoms. The Hall–Kier alpha value is -2.76. The van der Waals surface area contributed by atoms with Crippen LogP contribution in [0.2, 0.25) is 0 Å². The molecule has 3 rings (SSSR count). The zero-order valence-electron chi connectivity index (χ0n) is 13.5. The fourth-order valence-electron chi connectivity index (χ4n) is 2.75. The number of fused-ring (bicyclic) bond motifs is 1. The maximum absolute atomic E-state index is 12.5. The van der Waals surface area contributed by atoms with E-state index in [9.17, 15) is 4.79 Å². The summed E-state index contributed by atoms with van der Waals surface area (Å²) in [5.74, 6) is 1.61. The fourth-order valence-corrected chi connectivity index (χ4v) is 2.75. The number of hydrogen-bond donors (Lipinski definition) is 1. The molecule has 0 aliphatic rings. The Kier molecular flexibility index (Phi) is 4.06. The van der Waals surface area contributed by atoms with E-state index in [-0.39, 0.29) is 5.91 Å². The first-order valence-electron chi connectivity index (χ1n) is 7.50. The van der Waals surface area contributed by atoms with Crippen molar-refractivity contribution in [2.45, 2.75) is 13.5 Å². The summed E-state index contributed by atoms with van der Waals surface area (Å²) in [5.41, 5.74) is 1.59. The SMILES string of the molecule is COc1cccc2c1cc(C(=O)NCCn1ccnc1C)n2C. The summed E-state index contributed by atoms with van der Waals surface area (Å²) in [5, 5.41) is 3.89. The van der Waals surface area contributed by atoms with Crippen LogP contribution in [0.4, 0.5) is 0 Å². The van der Waals surface area contributed by atoms with E-state index in [1.807, 2.05) is 53.6 Å². The molecule has 0 radical (unpaired) electrons. The van der Waals surface area contributed by atoms with Gasteiger partial charge in [-0.1, -0.05) is 6.07 Å². The number of methoxy groups -OCH3 is 1. The van der Waals surface area contributed by atoms with Gasteiger partial charge in [-0.15, -0.1) is 0 Å². The van der Waals surface area contributed by atoms with Crippen LogP contribution in [0.1, 0.15) is 16.3 Å². The highest BCUT2D eigenvalue weighted by Crippen LogP contribution is 2.27. The number of amides is 1. The minimum Gasteiger partial charge on any atom is -0.496 e. The molecule has 2 heterocycles. The van der Waals surface area contributed by atoms with Crippen LogP contribution in [0.3, 0.4) is 0 Å². The van der Waals surface area contributed by atoms with Gasteiger partial charge in [-0.05, 0) is 25.1 Å². The lowest BCUT2D eigenvalue weighted by Gasteiger charge is -2.08. The van der Waals surface area contributed by atoms with Crippen molar-refractivity contribution in [2.75, 3.05) is 13.7 Å². The van der Waals surface area contributed by atoms with Gasteiger partial charge in [-0.25, -0.2) is 4.98 Å². The van der Waals surface area contributed by atoms with Crippen LogP contribution in [-0.2, 0) is 13.6 Å². The first-order valence-corrected chi connectivity index (χ1v) is 7.50. The van der Waals surface area contributed by atoms with E-state index in [1.54, 1.807) is 13.3 Å².